The van der Waals surface area contributed by atoms with Crippen LogP contribution in [0, 0.1) is 6.92 Å². The first-order valence-corrected chi connectivity index (χ1v) is 7.10. The fourth-order valence-electron chi connectivity index (χ4n) is 2.62. The Morgan fingerprint density at radius 3 is 2.95 bits per heavy atom. The van der Waals surface area contributed by atoms with Crippen LogP contribution in [0.25, 0.3) is 0 Å². The van der Waals surface area contributed by atoms with Gasteiger partial charge in [0.15, 0.2) is 0 Å². The number of carbonyl (C=O) groups excluding carboxylic acids is 1. The van der Waals surface area contributed by atoms with Crippen molar-refractivity contribution in [3.63, 3.8) is 0 Å². The van der Waals surface area contributed by atoms with E-state index in [0.717, 1.165) is 18.8 Å². The molecule has 1 saturated heterocycles. The second-order valence-corrected chi connectivity index (χ2v) is 5.40. The molecule has 0 aromatic carbocycles. The summed E-state index contributed by atoms with van der Waals surface area (Å²) in [6, 6.07) is 0.644. The largest absolute Gasteiger partial charge is 0.351 e. The van der Waals surface area contributed by atoms with Crippen LogP contribution in [0.1, 0.15) is 42.2 Å². The van der Waals surface area contributed by atoms with Crippen molar-refractivity contribution in [2.75, 3.05) is 19.6 Å². The van der Waals surface area contributed by atoms with Crippen LogP contribution >= 0.6 is 0 Å². The highest BCUT2D eigenvalue weighted by molar-refractivity contribution is 5.94. The minimum absolute atomic E-state index is 0.0183. The third-order valence-corrected chi connectivity index (χ3v) is 4.11. The molecule has 5 nitrogen and oxygen atoms in total. The normalized spacial score (nSPS) is 20.5. The Balaban J connectivity index is 1.79. The van der Waals surface area contributed by atoms with Crippen LogP contribution in [-0.4, -0.2) is 46.3 Å². The molecule has 1 unspecified atom stereocenters. The molecule has 2 rings (SSSR count). The molecule has 1 atom stereocenters. The average molecular weight is 264 g/mol. The van der Waals surface area contributed by atoms with Crippen molar-refractivity contribution >= 4 is 5.91 Å². The minimum Gasteiger partial charge on any atom is -0.351 e. The number of aryl methyl sites for hydroxylation is 1. The van der Waals surface area contributed by atoms with E-state index in [4.69, 9.17) is 0 Å². The van der Waals surface area contributed by atoms with Gasteiger partial charge in [0.25, 0.3) is 5.91 Å². The van der Waals surface area contributed by atoms with Crippen molar-refractivity contribution in [1.29, 1.82) is 0 Å². The monoisotopic (exact) mass is 264 g/mol. The molecule has 1 aliphatic rings. The van der Waals surface area contributed by atoms with E-state index in [1.54, 1.807) is 10.9 Å². The SMILES string of the molecule is Cc1c(C(=O)NCCN2CCCCC2C)cnn1C. The van der Waals surface area contributed by atoms with Crippen LogP contribution in [-0.2, 0) is 7.05 Å². The number of amides is 1. The number of hydrogen-bond acceptors (Lipinski definition) is 3. The highest BCUT2D eigenvalue weighted by Crippen LogP contribution is 2.15. The summed E-state index contributed by atoms with van der Waals surface area (Å²) in [6.45, 7) is 6.98. The number of hydrogen-bond donors (Lipinski definition) is 1. The standard InChI is InChI=1S/C14H24N4O/c1-11-6-4-5-8-18(11)9-7-15-14(19)13-10-16-17(3)12(13)2/h10-11H,4-9H2,1-3H3,(H,15,19). The molecular weight excluding hydrogens is 240 g/mol. The van der Waals surface area contributed by atoms with Gasteiger partial charge in [0.1, 0.15) is 0 Å². The maximum absolute atomic E-state index is 12.0. The summed E-state index contributed by atoms with van der Waals surface area (Å²) >= 11 is 0. The Hall–Kier alpha value is -1.36. The molecular formula is C14H24N4O. The van der Waals surface area contributed by atoms with Crippen molar-refractivity contribution < 1.29 is 4.79 Å². The van der Waals surface area contributed by atoms with Crippen LogP contribution in [0.4, 0.5) is 0 Å². The van der Waals surface area contributed by atoms with Crippen molar-refractivity contribution in [3.8, 4) is 0 Å². The summed E-state index contributed by atoms with van der Waals surface area (Å²) in [7, 11) is 1.85. The van der Waals surface area contributed by atoms with Gasteiger partial charge >= 0.3 is 0 Å². The van der Waals surface area contributed by atoms with Crippen LogP contribution in [0.2, 0.25) is 0 Å². The Bertz CT molecular complexity index is 441. The summed E-state index contributed by atoms with van der Waals surface area (Å²) in [6.07, 6.45) is 5.52. The van der Waals surface area contributed by atoms with E-state index in [1.807, 2.05) is 14.0 Å². The number of aromatic nitrogens is 2. The Morgan fingerprint density at radius 1 is 1.53 bits per heavy atom. The van der Waals surface area contributed by atoms with Gasteiger partial charge in [0.2, 0.25) is 0 Å². The first-order valence-electron chi connectivity index (χ1n) is 7.10. The van der Waals surface area contributed by atoms with Crippen molar-refractivity contribution in [3.05, 3.63) is 17.5 Å². The third-order valence-electron chi connectivity index (χ3n) is 4.11. The maximum Gasteiger partial charge on any atom is 0.254 e. The first-order chi connectivity index (χ1) is 9.09. The molecule has 1 aromatic heterocycles. The van der Waals surface area contributed by atoms with Crippen molar-refractivity contribution in [1.82, 2.24) is 20.0 Å². The molecule has 0 spiro atoms. The molecule has 1 aliphatic heterocycles. The zero-order chi connectivity index (χ0) is 13.8. The van der Waals surface area contributed by atoms with Gasteiger partial charge in [-0.25, -0.2) is 0 Å². The third kappa shape index (κ3) is 3.35. The molecule has 0 saturated carbocycles. The number of carbonyl (C=O) groups is 1. The molecule has 1 N–H and O–H groups in total. The minimum atomic E-state index is -0.0183. The lowest BCUT2D eigenvalue weighted by Gasteiger charge is -2.33. The molecule has 0 bridgehead atoms. The number of nitrogens with zero attached hydrogens (tertiary/aromatic N) is 3. The molecule has 1 amide bonds. The van der Waals surface area contributed by atoms with Crippen LogP contribution < -0.4 is 5.32 Å². The fraction of sp³-hybridized carbons (Fsp3) is 0.714. The Labute approximate surface area is 115 Å². The predicted octanol–water partition coefficient (Wildman–Crippen LogP) is 1.33. The fourth-order valence-corrected chi connectivity index (χ4v) is 2.62. The molecule has 106 valence electrons. The van der Waals surface area contributed by atoms with E-state index in [9.17, 15) is 4.79 Å². The van der Waals surface area contributed by atoms with E-state index in [2.05, 4.69) is 22.2 Å². The molecule has 19 heavy (non-hydrogen) atoms. The zero-order valence-electron chi connectivity index (χ0n) is 12.1. The van der Waals surface area contributed by atoms with E-state index in [1.165, 1.54) is 19.3 Å². The molecule has 0 aliphatic carbocycles. The molecule has 1 fully saturated rings. The topological polar surface area (TPSA) is 50.2 Å². The highest BCUT2D eigenvalue weighted by atomic mass is 16.1. The van der Waals surface area contributed by atoms with Crippen molar-refractivity contribution in [2.45, 2.75) is 39.2 Å². The van der Waals surface area contributed by atoms with Gasteiger partial charge in [-0.3, -0.25) is 14.4 Å². The van der Waals surface area contributed by atoms with Gasteiger partial charge in [-0.2, -0.15) is 5.10 Å². The van der Waals surface area contributed by atoms with Crippen LogP contribution in [0.3, 0.4) is 0 Å². The zero-order valence-corrected chi connectivity index (χ0v) is 12.1. The lowest BCUT2D eigenvalue weighted by molar-refractivity contribution is 0.0937. The van der Waals surface area contributed by atoms with E-state index >= 15 is 0 Å². The molecule has 2 heterocycles. The lowest BCUT2D eigenvalue weighted by atomic mass is 10.0. The highest BCUT2D eigenvalue weighted by Gasteiger charge is 2.18. The predicted molar refractivity (Wildman–Crippen MR) is 75.2 cm³/mol. The van der Waals surface area contributed by atoms with Crippen molar-refractivity contribution in [2.24, 2.45) is 7.05 Å². The smallest absolute Gasteiger partial charge is 0.254 e. The van der Waals surface area contributed by atoms with Gasteiger partial charge in [-0.15, -0.1) is 0 Å². The van der Waals surface area contributed by atoms with Gasteiger partial charge in [0.05, 0.1) is 11.8 Å². The maximum atomic E-state index is 12.0. The quantitative estimate of drug-likeness (QED) is 0.892. The molecule has 5 heteroatoms. The average Bonchev–Trinajstić information content (AvgIpc) is 2.72. The van der Waals surface area contributed by atoms with Gasteiger partial charge in [0, 0.05) is 31.9 Å². The number of nitrogens with one attached hydrogen (secondary N) is 1. The number of rotatable bonds is 4. The van der Waals surface area contributed by atoms with Crippen LogP contribution in [0.5, 0.6) is 0 Å². The van der Waals surface area contributed by atoms with E-state index < -0.39 is 0 Å². The second-order valence-electron chi connectivity index (χ2n) is 5.40. The molecule has 0 radical (unpaired) electrons. The van der Waals surface area contributed by atoms with Gasteiger partial charge < -0.3 is 5.32 Å². The van der Waals surface area contributed by atoms with E-state index in [0.29, 0.717) is 18.2 Å². The lowest BCUT2D eigenvalue weighted by Crippen LogP contribution is -2.42. The summed E-state index contributed by atoms with van der Waals surface area (Å²) < 4.78 is 1.72. The Kier molecular flexibility index (Phi) is 4.58. The summed E-state index contributed by atoms with van der Waals surface area (Å²) in [4.78, 5) is 14.5. The number of piperidine rings is 1. The van der Waals surface area contributed by atoms with E-state index in [-0.39, 0.29) is 5.91 Å². The first kappa shape index (κ1) is 14.1. The summed E-state index contributed by atoms with van der Waals surface area (Å²) in [5, 5.41) is 7.08. The second kappa shape index (κ2) is 6.19. The summed E-state index contributed by atoms with van der Waals surface area (Å²) in [5.41, 5.74) is 1.58. The molecule has 1 aromatic rings. The van der Waals surface area contributed by atoms with Crippen LogP contribution in [0.15, 0.2) is 6.20 Å². The Morgan fingerprint density at radius 2 is 2.32 bits per heavy atom. The number of likely N-dealkylation sites (tertiary alicyclic amines) is 1. The summed E-state index contributed by atoms with van der Waals surface area (Å²) in [5.74, 6) is -0.0183. The van der Waals surface area contributed by atoms with Gasteiger partial charge in [-0.05, 0) is 33.2 Å². The van der Waals surface area contributed by atoms with Gasteiger partial charge in [-0.1, -0.05) is 6.42 Å².